The molecule has 1 heterocycles. The number of ether oxygens (including phenoxy) is 2. The van der Waals surface area contributed by atoms with Gasteiger partial charge in [-0.05, 0) is 36.1 Å². The summed E-state index contributed by atoms with van der Waals surface area (Å²) in [6.45, 7) is 0. The molecular formula is C25H20Cl4O5. The minimum Gasteiger partial charge on any atom is -0.422 e. The predicted octanol–water partition coefficient (Wildman–Crippen LogP) is 6.89. The Kier molecular flexibility index (Phi) is 6.12. The van der Waals surface area contributed by atoms with E-state index in [0.29, 0.717) is 24.0 Å². The van der Waals surface area contributed by atoms with E-state index in [4.69, 9.17) is 55.9 Å². The summed E-state index contributed by atoms with van der Waals surface area (Å²) in [4.78, 5) is 41.1. The van der Waals surface area contributed by atoms with Gasteiger partial charge in [-0.1, -0.05) is 70.7 Å². The second-order valence-electron chi connectivity index (χ2n) is 9.10. The Morgan fingerprint density at radius 3 is 1.59 bits per heavy atom. The summed E-state index contributed by atoms with van der Waals surface area (Å²) in [5.41, 5.74) is -1.08. The zero-order chi connectivity index (χ0) is 24.3. The molecular weight excluding hydrogens is 522 g/mol. The Morgan fingerprint density at radius 2 is 1.15 bits per heavy atom. The van der Waals surface area contributed by atoms with Gasteiger partial charge in [0.05, 0.1) is 20.1 Å². The van der Waals surface area contributed by atoms with E-state index in [1.165, 1.54) is 0 Å². The number of rotatable bonds is 2. The van der Waals surface area contributed by atoms with Crippen molar-refractivity contribution in [1.29, 1.82) is 0 Å². The molecule has 2 aromatic rings. The number of carbonyl (C=O) groups is 3. The highest BCUT2D eigenvalue weighted by Gasteiger charge is 2.69. The third-order valence-electron chi connectivity index (χ3n) is 7.27. The molecule has 178 valence electrons. The lowest BCUT2D eigenvalue weighted by atomic mass is 9.55. The average molecular weight is 542 g/mol. The molecule has 3 aliphatic rings. The molecule has 0 N–H and O–H groups in total. The van der Waals surface area contributed by atoms with Crippen molar-refractivity contribution in [3.63, 3.8) is 0 Å². The lowest BCUT2D eigenvalue weighted by Gasteiger charge is -2.50. The number of hydrogen-bond acceptors (Lipinski definition) is 5. The molecule has 0 amide bonds. The number of benzene rings is 2. The average Bonchev–Trinajstić information content (AvgIpc) is 3.23. The van der Waals surface area contributed by atoms with Crippen LogP contribution in [-0.2, 0) is 23.9 Å². The smallest absolute Gasteiger partial charge is 0.328 e. The standard InChI is InChI=1S/C25H20Cl4O5/c26-18-7-3-5-14(20(18)28)16-11-13(30)12-17(15-6-4-8-19(27)21(15)29)25(16)22(31)33-24(34-23(25)32)9-1-2-10-24/h3-8,16-17H,1-2,9-12H2. The van der Waals surface area contributed by atoms with Crippen LogP contribution in [0.1, 0.15) is 61.5 Å². The van der Waals surface area contributed by atoms with Crippen LogP contribution in [0.4, 0.5) is 0 Å². The molecule has 2 atom stereocenters. The van der Waals surface area contributed by atoms with E-state index in [1.54, 1.807) is 36.4 Å². The lowest BCUT2D eigenvalue weighted by Crippen LogP contribution is -2.61. The molecule has 2 aromatic carbocycles. The predicted molar refractivity (Wildman–Crippen MR) is 128 cm³/mol. The Morgan fingerprint density at radius 1 is 0.706 bits per heavy atom. The fourth-order valence-electron chi connectivity index (χ4n) is 5.69. The first-order valence-corrected chi connectivity index (χ1v) is 12.6. The van der Waals surface area contributed by atoms with Gasteiger partial charge in [0.2, 0.25) is 0 Å². The molecule has 1 saturated heterocycles. The highest BCUT2D eigenvalue weighted by molar-refractivity contribution is 6.43. The molecule has 0 radical (unpaired) electrons. The van der Waals surface area contributed by atoms with Crippen LogP contribution in [0.25, 0.3) is 0 Å². The monoisotopic (exact) mass is 540 g/mol. The number of carbonyl (C=O) groups excluding carboxylic acids is 3. The van der Waals surface area contributed by atoms with Gasteiger partial charge in [-0.3, -0.25) is 14.4 Å². The molecule has 1 aliphatic heterocycles. The Hall–Kier alpha value is -1.79. The van der Waals surface area contributed by atoms with Crippen molar-refractivity contribution in [3.8, 4) is 0 Å². The van der Waals surface area contributed by atoms with Gasteiger partial charge in [-0.15, -0.1) is 0 Å². The van der Waals surface area contributed by atoms with Crippen LogP contribution < -0.4 is 0 Å². The Labute approximate surface area is 216 Å². The van der Waals surface area contributed by atoms with Crippen LogP contribution in [0.3, 0.4) is 0 Å². The van der Waals surface area contributed by atoms with Gasteiger partial charge in [0, 0.05) is 37.5 Å². The maximum Gasteiger partial charge on any atom is 0.328 e. The van der Waals surface area contributed by atoms with Crippen LogP contribution in [0.15, 0.2) is 36.4 Å². The summed E-state index contributed by atoms with van der Waals surface area (Å²) >= 11 is 25.7. The zero-order valence-electron chi connectivity index (χ0n) is 17.9. The van der Waals surface area contributed by atoms with E-state index >= 15 is 0 Å². The van der Waals surface area contributed by atoms with E-state index in [9.17, 15) is 14.4 Å². The Balaban J connectivity index is 1.75. The summed E-state index contributed by atoms with van der Waals surface area (Å²) in [6, 6.07) is 9.85. The number of Topliss-reactive ketones (excluding diaryl/α,β-unsaturated/α-hetero) is 1. The molecule has 0 bridgehead atoms. The molecule has 2 saturated carbocycles. The van der Waals surface area contributed by atoms with Crippen LogP contribution in [0.5, 0.6) is 0 Å². The molecule has 3 fully saturated rings. The quantitative estimate of drug-likeness (QED) is 0.306. The maximum absolute atomic E-state index is 14.0. The van der Waals surface area contributed by atoms with E-state index in [2.05, 4.69) is 0 Å². The number of halogens is 4. The van der Waals surface area contributed by atoms with Crippen LogP contribution in [-0.4, -0.2) is 23.5 Å². The summed E-state index contributed by atoms with van der Waals surface area (Å²) in [5, 5.41) is 0.825. The largest absolute Gasteiger partial charge is 0.422 e. The minimum atomic E-state index is -1.88. The van der Waals surface area contributed by atoms with Gasteiger partial charge in [0.1, 0.15) is 5.78 Å². The molecule has 34 heavy (non-hydrogen) atoms. The fourth-order valence-corrected chi connectivity index (χ4v) is 6.57. The van der Waals surface area contributed by atoms with E-state index in [0.717, 1.165) is 12.8 Å². The molecule has 9 heteroatoms. The third kappa shape index (κ3) is 3.55. The van der Waals surface area contributed by atoms with Crippen molar-refractivity contribution < 1.29 is 23.9 Å². The van der Waals surface area contributed by atoms with Crippen molar-refractivity contribution in [2.24, 2.45) is 5.41 Å². The molecule has 0 aromatic heterocycles. The summed E-state index contributed by atoms with van der Waals surface area (Å²) in [6.07, 6.45) is 2.21. The van der Waals surface area contributed by atoms with Gasteiger partial charge in [0.15, 0.2) is 5.41 Å². The normalized spacial score (nSPS) is 25.5. The summed E-state index contributed by atoms with van der Waals surface area (Å²) in [7, 11) is 0. The van der Waals surface area contributed by atoms with Crippen LogP contribution in [0.2, 0.25) is 20.1 Å². The topological polar surface area (TPSA) is 69.7 Å². The fraction of sp³-hybridized carbons (Fsp3) is 0.400. The third-order valence-corrected chi connectivity index (χ3v) is 8.94. The van der Waals surface area contributed by atoms with Gasteiger partial charge >= 0.3 is 11.9 Å². The second kappa shape index (κ2) is 8.70. The van der Waals surface area contributed by atoms with Crippen molar-refractivity contribution in [1.82, 2.24) is 0 Å². The highest BCUT2D eigenvalue weighted by atomic mass is 35.5. The molecule has 5 rings (SSSR count). The van der Waals surface area contributed by atoms with Crippen LogP contribution in [0, 0.1) is 5.41 Å². The molecule has 5 nitrogen and oxygen atoms in total. The van der Waals surface area contributed by atoms with Crippen molar-refractivity contribution in [2.75, 3.05) is 0 Å². The SMILES string of the molecule is O=C1CC(c2cccc(Cl)c2Cl)C2(C(=O)OC3(CCCC3)OC2=O)C(c2cccc(Cl)c2Cl)C1. The Bertz CT molecular complexity index is 1120. The second-order valence-corrected chi connectivity index (χ2v) is 10.7. The summed E-state index contributed by atoms with van der Waals surface area (Å²) in [5.74, 6) is -4.82. The van der Waals surface area contributed by atoms with E-state index in [-0.39, 0.29) is 38.7 Å². The molecule has 2 unspecified atom stereocenters. The van der Waals surface area contributed by atoms with Crippen LogP contribution >= 0.6 is 46.4 Å². The maximum atomic E-state index is 14.0. The zero-order valence-corrected chi connectivity index (χ0v) is 20.9. The summed E-state index contributed by atoms with van der Waals surface area (Å²) < 4.78 is 11.9. The molecule has 2 aliphatic carbocycles. The van der Waals surface area contributed by atoms with Gasteiger partial charge in [-0.25, -0.2) is 0 Å². The minimum absolute atomic E-state index is 0.105. The van der Waals surface area contributed by atoms with Crippen molar-refractivity contribution >= 4 is 64.1 Å². The van der Waals surface area contributed by atoms with E-state index < -0.39 is 35.0 Å². The van der Waals surface area contributed by atoms with Gasteiger partial charge in [-0.2, -0.15) is 0 Å². The molecule has 2 spiro atoms. The first-order chi connectivity index (χ1) is 16.2. The van der Waals surface area contributed by atoms with Crippen molar-refractivity contribution in [2.45, 2.75) is 56.1 Å². The highest BCUT2D eigenvalue weighted by Crippen LogP contribution is 2.61. The number of esters is 2. The first-order valence-electron chi connectivity index (χ1n) is 11.1. The van der Waals surface area contributed by atoms with Gasteiger partial charge in [0.25, 0.3) is 5.79 Å². The lowest BCUT2D eigenvalue weighted by molar-refractivity contribution is -0.265. The van der Waals surface area contributed by atoms with Crippen molar-refractivity contribution in [3.05, 3.63) is 67.6 Å². The van der Waals surface area contributed by atoms with Gasteiger partial charge < -0.3 is 9.47 Å². The first kappa shape index (κ1) is 23.9. The number of ketones is 1. The number of hydrogen-bond donors (Lipinski definition) is 0. The van der Waals surface area contributed by atoms with E-state index in [1.807, 2.05) is 0 Å².